The molecule has 152 valence electrons. The number of thiophene rings is 1. The minimum Gasteiger partial charge on any atom is -0.494 e. The van der Waals surface area contributed by atoms with Crippen molar-refractivity contribution in [2.24, 2.45) is 0 Å². The van der Waals surface area contributed by atoms with E-state index in [1.807, 2.05) is 54.5 Å². The van der Waals surface area contributed by atoms with Gasteiger partial charge in [0.25, 0.3) is 5.91 Å². The molecule has 1 aliphatic rings. The molecule has 2 aromatic heterocycles. The van der Waals surface area contributed by atoms with Gasteiger partial charge < -0.3 is 14.2 Å². The number of benzene rings is 1. The van der Waals surface area contributed by atoms with Gasteiger partial charge in [-0.25, -0.2) is 0 Å². The monoisotopic (exact) mass is 412 g/mol. The van der Waals surface area contributed by atoms with Gasteiger partial charge in [-0.15, -0.1) is 11.3 Å². The van der Waals surface area contributed by atoms with Crippen molar-refractivity contribution in [1.29, 1.82) is 0 Å². The molecule has 1 aliphatic heterocycles. The SMILES string of the molecule is CCOc1ccc(C(=O)N2CCN(Cc3nc(-c4cccs4)no3)CC2)cc1C. The van der Waals surface area contributed by atoms with Crippen molar-refractivity contribution in [3.8, 4) is 16.5 Å². The van der Waals surface area contributed by atoms with Crippen LogP contribution in [-0.4, -0.2) is 58.6 Å². The first-order chi connectivity index (χ1) is 14.1. The Morgan fingerprint density at radius 1 is 1.24 bits per heavy atom. The van der Waals surface area contributed by atoms with Crippen molar-refractivity contribution < 1.29 is 14.1 Å². The summed E-state index contributed by atoms with van der Waals surface area (Å²) in [5.74, 6) is 2.13. The lowest BCUT2D eigenvalue weighted by atomic mass is 10.1. The van der Waals surface area contributed by atoms with E-state index in [1.54, 1.807) is 11.3 Å². The average Bonchev–Trinajstić information content (AvgIpc) is 3.42. The Bertz CT molecular complexity index is 962. The fourth-order valence-corrected chi connectivity index (χ4v) is 4.06. The lowest BCUT2D eigenvalue weighted by Gasteiger charge is -2.34. The molecule has 3 heterocycles. The van der Waals surface area contributed by atoms with Crippen molar-refractivity contribution in [2.75, 3.05) is 32.8 Å². The van der Waals surface area contributed by atoms with Crippen molar-refractivity contribution >= 4 is 17.2 Å². The number of aryl methyl sites for hydroxylation is 1. The Labute approximate surface area is 173 Å². The number of aromatic nitrogens is 2. The zero-order chi connectivity index (χ0) is 20.2. The van der Waals surface area contributed by atoms with E-state index in [0.29, 0.717) is 43.5 Å². The number of hydrogen-bond donors (Lipinski definition) is 0. The molecule has 0 aliphatic carbocycles. The maximum atomic E-state index is 12.8. The Balaban J connectivity index is 1.32. The third-order valence-electron chi connectivity index (χ3n) is 4.95. The molecule has 29 heavy (non-hydrogen) atoms. The number of nitrogens with zero attached hydrogens (tertiary/aromatic N) is 4. The van der Waals surface area contributed by atoms with E-state index in [9.17, 15) is 4.79 Å². The minimum absolute atomic E-state index is 0.0635. The van der Waals surface area contributed by atoms with Crippen molar-refractivity contribution in [2.45, 2.75) is 20.4 Å². The highest BCUT2D eigenvalue weighted by atomic mass is 32.1. The summed E-state index contributed by atoms with van der Waals surface area (Å²) in [6, 6.07) is 9.58. The first-order valence-electron chi connectivity index (χ1n) is 9.75. The number of piperazine rings is 1. The van der Waals surface area contributed by atoms with E-state index >= 15 is 0 Å². The maximum Gasteiger partial charge on any atom is 0.253 e. The molecule has 0 spiro atoms. The molecule has 0 bridgehead atoms. The van der Waals surface area contributed by atoms with Crippen LogP contribution in [0.5, 0.6) is 5.75 Å². The summed E-state index contributed by atoms with van der Waals surface area (Å²) in [6.07, 6.45) is 0. The fourth-order valence-electron chi connectivity index (χ4n) is 3.41. The smallest absolute Gasteiger partial charge is 0.253 e. The standard InChI is InChI=1S/C21H24N4O3S/c1-3-27-17-7-6-16(13-15(17)2)21(26)25-10-8-24(9-11-25)14-19-22-20(23-28-19)18-5-4-12-29-18/h4-7,12-13H,3,8-11,14H2,1-2H3. The van der Waals surface area contributed by atoms with Crippen LogP contribution in [0.4, 0.5) is 0 Å². The van der Waals surface area contributed by atoms with Crippen LogP contribution in [0.1, 0.15) is 28.7 Å². The summed E-state index contributed by atoms with van der Waals surface area (Å²) in [6.45, 7) is 8.04. The van der Waals surface area contributed by atoms with Crippen LogP contribution in [0, 0.1) is 6.92 Å². The molecule has 0 radical (unpaired) electrons. The number of carbonyl (C=O) groups excluding carboxylic acids is 1. The van der Waals surface area contributed by atoms with E-state index in [2.05, 4.69) is 15.0 Å². The van der Waals surface area contributed by atoms with Crippen molar-refractivity contribution in [3.05, 3.63) is 52.7 Å². The van der Waals surface area contributed by atoms with E-state index < -0.39 is 0 Å². The molecule has 0 unspecified atom stereocenters. The second-order valence-electron chi connectivity index (χ2n) is 6.97. The zero-order valence-corrected chi connectivity index (χ0v) is 17.4. The molecule has 1 fully saturated rings. The van der Waals surface area contributed by atoms with Gasteiger partial charge in [0, 0.05) is 31.7 Å². The molecule has 1 amide bonds. The first kappa shape index (κ1) is 19.6. The molecular weight excluding hydrogens is 388 g/mol. The summed E-state index contributed by atoms with van der Waals surface area (Å²) in [4.78, 5) is 22.5. The topological polar surface area (TPSA) is 71.7 Å². The molecule has 8 heteroatoms. The number of carbonyl (C=O) groups is 1. The zero-order valence-electron chi connectivity index (χ0n) is 16.6. The molecule has 1 aromatic carbocycles. The highest BCUT2D eigenvalue weighted by molar-refractivity contribution is 7.13. The van der Waals surface area contributed by atoms with Gasteiger partial charge in [-0.05, 0) is 49.1 Å². The molecule has 0 atom stereocenters. The second kappa shape index (κ2) is 8.75. The van der Waals surface area contributed by atoms with Crippen LogP contribution in [-0.2, 0) is 6.54 Å². The summed E-state index contributed by atoms with van der Waals surface area (Å²) in [7, 11) is 0. The van der Waals surface area contributed by atoms with E-state index in [4.69, 9.17) is 9.26 Å². The molecular formula is C21H24N4O3S. The summed E-state index contributed by atoms with van der Waals surface area (Å²) in [5, 5.41) is 6.05. The number of ether oxygens (including phenoxy) is 1. The Morgan fingerprint density at radius 3 is 2.76 bits per heavy atom. The van der Waals surface area contributed by atoms with Crippen LogP contribution >= 0.6 is 11.3 Å². The molecule has 0 N–H and O–H groups in total. The summed E-state index contributed by atoms with van der Waals surface area (Å²) in [5.41, 5.74) is 1.69. The Hall–Kier alpha value is -2.71. The van der Waals surface area contributed by atoms with Gasteiger partial charge in [-0.1, -0.05) is 11.2 Å². The molecule has 7 nitrogen and oxygen atoms in total. The van der Waals surface area contributed by atoms with Crippen LogP contribution in [0.2, 0.25) is 0 Å². The van der Waals surface area contributed by atoms with Crippen LogP contribution in [0.3, 0.4) is 0 Å². The summed E-state index contributed by atoms with van der Waals surface area (Å²) >= 11 is 1.59. The van der Waals surface area contributed by atoms with Crippen LogP contribution < -0.4 is 4.74 Å². The van der Waals surface area contributed by atoms with Gasteiger partial charge in [0.2, 0.25) is 11.7 Å². The largest absolute Gasteiger partial charge is 0.494 e. The predicted molar refractivity (Wildman–Crippen MR) is 111 cm³/mol. The third-order valence-corrected chi connectivity index (χ3v) is 5.82. The second-order valence-corrected chi connectivity index (χ2v) is 7.92. The van der Waals surface area contributed by atoms with Gasteiger partial charge in [-0.2, -0.15) is 4.98 Å². The first-order valence-corrected chi connectivity index (χ1v) is 10.6. The number of amides is 1. The molecule has 4 rings (SSSR count). The lowest BCUT2D eigenvalue weighted by Crippen LogP contribution is -2.48. The molecule has 1 saturated heterocycles. The van der Waals surface area contributed by atoms with Gasteiger partial charge in [-0.3, -0.25) is 9.69 Å². The Morgan fingerprint density at radius 2 is 2.07 bits per heavy atom. The average molecular weight is 413 g/mol. The third kappa shape index (κ3) is 4.49. The van der Waals surface area contributed by atoms with E-state index in [0.717, 1.165) is 29.3 Å². The van der Waals surface area contributed by atoms with Crippen LogP contribution in [0.25, 0.3) is 10.7 Å². The van der Waals surface area contributed by atoms with Gasteiger partial charge in [0.05, 0.1) is 18.0 Å². The number of hydrogen-bond acceptors (Lipinski definition) is 7. The highest BCUT2D eigenvalue weighted by Crippen LogP contribution is 2.22. The fraction of sp³-hybridized carbons (Fsp3) is 0.381. The predicted octanol–water partition coefficient (Wildman–Crippen LogP) is 3.46. The quantitative estimate of drug-likeness (QED) is 0.617. The van der Waals surface area contributed by atoms with Crippen LogP contribution in [0.15, 0.2) is 40.2 Å². The molecule has 0 saturated carbocycles. The molecule has 3 aromatic rings. The van der Waals surface area contributed by atoms with Crippen molar-refractivity contribution in [3.63, 3.8) is 0 Å². The minimum atomic E-state index is 0.0635. The van der Waals surface area contributed by atoms with Crippen molar-refractivity contribution in [1.82, 2.24) is 19.9 Å². The Kier molecular flexibility index (Phi) is 5.92. The van der Waals surface area contributed by atoms with Gasteiger partial charge in [0.15, 0.2) is 0 Å². The lowest BCUT2D eigenvalue weighted by molar-refractivity contribution is 0.0615. The van der Waals surface area contributed by atoms with E-state index in [1.165, 1.54) is 0 Å². The number of rotatable bonds is 6. The highest BCUT2D eigenvalue weighted by Gasteiger charge is 2.24. The maximum absolute atomic E-state index is 12.8. The van der Waals surface area contributed by atoms with E-state index in [-0.39, 0.29) is 5.91 Å². The van der Waals surface area contributed by atoms with Gasteiger partial charge in [0.1, 0.15) is 5.75 Å². The summed E-state index contributed by atoms with van der Waals surface area (Å²) < 4.78 is 11.0. The van der Waals surface area contributed by atoms with Gasteiger partial charge >= 0.3 is 0 Å². The normalized spacial score (nSPS) is 14.9.